The molecule has 0 amide bonds. The lowest BCUT2D eigenvalue weighted by Crippen LogP contribution is -2.09. The van der Waals surface area contributed by atoms with E-state index in [1.54, 1.807) is 24.3 Å². The van der Waals surface area contributed by atoms with Crippen LogP contribution in [-0.2, 0) is 9.59 Å². The molecule has 0 aliphatic heterocycles. The number of carboxylic acids is 1. The van der Waals surface area contributed by atoms with Crippen molar-refractivity contribution >= 4 is 22.8 Å². The fourth-order valence-electron chi connectivity index (χ4n) is 0.922. The van der Waals surface area contributed by atoms with Crippen molar-refractivity contribution in [2.75, 3.05) is 13.2 Å². The standard InChI is InChI=1S/C10H11NO4S/c11-5-10(14)16-8-3-1-7(2-4-8)15-6-9(12)13/h1-4H,5-6,11H2,(H,12,13). The van der Waals surface area contributed by atoms with Gasteiger partial charge in [0, 0.05) is 4.90 Å². The monoisotopic (exact) mass is 241 g/mol. The lowest BCUT2D eigenvalue weighted by molar-refractivity contribution is -0.139. The van der Waals surface area contributed by atoms with Gasteiger partial charge in [-0.1, -0.05) is 11.8 Å². The molecule has 0 spiro atoms. The van der Waals surface area contributed by atoms with E-state index >= 15 is 0 Å². The number of hydrogen-bond donors (Lipinski definition) is 2. The second-order valence-corrected chi connectivity index (χ2v) is 3.96. The number of aliphatic carboxylic acids is 1. The van der Waals surface area contributed by atoms with Crippen LogP contribution in [0.15, 0.2) is 29.2 Å². The van der Waals surface area contributed by atoms with Gasteiger partial charge in [0.05, 0.1) is 6.54 Å². The molecule has 0 unspecified atom stereocenters. The van der Waals surface area contributed by atoms with Gasteiger partial charge >= 0.3 is 5.97 Å². The normalized spacial score (nSPS) is 9.81. The molecule has 0 fully saturated rings. The molecule has 1 aromatic carbocycles. The van der Waals surface area contributed by atoms with Gasteiger partial charge in [0.15, 0.2) is 6.61 Å². The molecule has 0 saturated heterocycles. The van der Waals surface area contributed by atoms with Crippen LogP contribution in [0.1, 0.15) is 0 Å². The van der Waals surface area contributed by atoms with Crippen LogP contribution in [-0.4, -0.2) is 29.3 Å². The molecule has 0 radical (unpaired) electrons. The summed E-state index contributed by atoms with van der Waals surface area (Å²) in [5.74, 6) is -0.580. The molecule has 0 atom stereocenters. The zero-order valence-electron chi connectivity index (χ0n) is 8.38. The van der Waals surface area contributed by atoms with Gasteiger partial charge in [0.2, 0.25) is 5.12 Å². The maximum absolute atomic E-state index is 11.0. The Balaban J connectivity index is 2.54. The van der Waals surface area contributed by atoms with Gasteiger partial charge in [0.25, 0.3) is 0 Å². The number of benzene rings is 1. The predicted molar refractivity (Wildman–Crippen MR) is 59.5 cm³/mol. The van der Waals surface area contributed by atoms with Crippen molar-refractivity contribution in [2.24, 2.45) is 5.73 Å². The Bertz CT molecular complexity index is 377. The molecule has 0 aliphatic carbocycles. The minimum atomic E-state index is -1.03. The number of carboxylic acid groups (broad SMARTS) is 1. The second-order valence-electron chi connectivity index (χ2n) is 2.83. The zero-order chi connectivity index (χ0) is 12.0. The van der Waals surface area contributed by atoms with Crippen LogP contribution in [0.5, 0.6) is 5.75 Å². The fourth-order valence-corrected chi connectivity index (χ4v) is 1.54. The SMILES string of the molecule is NCC(=O)Sc1ccc(OCC(=O)O)cc1. The van der Waals surface area contributed by atoms with E-state index in [-0.39, 0.29) is 18.3 Å². The number of thioether (sulfide) groups is 1. The Kier molecular flexibility index (Phi) is 4.81. The summed E-state index contributed by atoms with van der Waals surface area (Å²) < 4.78 is 4.94. The number of rotatable bonds is 5. The van der Waals surface area contributed by atoms with Crippen LogP contribution < -0.4 is 10.5 Å². The maximum atomic E-state index is 11.0. The van der Waals surface area contributed by atoms with Crippen LogP contribution in [0.4, 0.5) is 0 Å². The Morgan fingerprint density at radius 1 is 1.31 bits per heavy atom. The molecule has 6 heteroatoms. The van der Waals surface area contributed by atoms with Crippen LogP contribution in [0.25, 0.3) is 0 Å². The molecular formula is C10H11NO4S. The Morgan fingerprint density at radius 2 is 1.94 bits per heavy atom. The largest absolute Gasteiger partial charge is 0.482 e. The molecular weight excluding hydrogens is 230 g/mol. The third-order valence-electron chi connectivity index (χ3n) is 1.58. The number of nitrogens with two attached hydrogens (primary N) is 1. The van der Waals surface area contributed by atoms with E-state index in [1.807, 2.05) is 0 Å². The molecule has 0 aromatic heterocycles. The highest BCUT2D eigenvalue weighted by Crippen LogP contribution is 2.21. The van der Waals surface area contributed by atoms with Crippen LogP contribution in [0, 0.1) is 0 Å². The number of hydrogen-bond acceptors (Lipinski definition) is 5. The fraction of sp³-hybridized carbons (Fsp3) is 0.200. The van der Waals surface area contributed by atoms with Gasteiger partial charge < -0.3 is 15.6 Å². The van der Waals surface area contributed by atoms with Crippen LogP contribution in [0.2, 0.25) is 0 Å². The quantitative estimate of drug-likeness (QED) is 0.738. The first-order chi connectivity index (χ1) is 7.61. The summed E-state index contributed by atoms with van der Waals surface area (Å²) >= 11 is 1.04. The van der Waals surface area contributed by atoms with Crippen molar-refractivity contribution in [3.05, 3.63) is 24.3 Å². The predicted octanol–water partition coefficient (Wildman–Crippen LogP) is 0.727. The molecule has 5 nitrogen and oxygen atoms in total. The zero-order valence-corrected chi connectivity index (χ0v) is 9.20. The summed E-state index contributed by atoms with van der Waals surface area (Å²) in [4.78, 5) is 22.0. The lowest BCUT2D eigenvalue weighted by Gasteiger charge is -2.03. The summed E-state index contributed by atoms with van der Waals surface area (Å²) in [7, 11) is 0. The van der Waals surface area contributed by atoms with E-state index in [0.717, 1.165) is 16.7 Å². The van der Waals surface area contributed by atoms with Crippen molar-refractivity contribution in [1.82, 2.24) is 0 Å². The smallest absolute Gasteiger partial charge is 0.341 e. The van der Waals surface area contributed by atoms with Crippen molar-refractivity contribution in [1.29, 1.82) is 0 Å². The third-order valence-corrected chi connectivity index (χ3v) is 2.49. The molecule has 3 N–H and O–H groups in total. The van der Waals surface area contributed by atoms with Crippen molar-refractivity contribution < 1.29 is 19.4 Å². The van der Waals surface area contributed by atoms with E-state index in [2.05, 4.69) is 0 Å². The topological polar surface area (TPSA) is 89.6 Å². The lowest BCUT2D eigenvalue weighted by atomic mass is 10.3. The highest BCUT2D eigenvalue weighted by molar-refractivity contribution is 8.13. The number of ether oxygens (including phenoxy) is 1. The molecule has 1 aromatic rings. The average Bonchev–Trinajstić information content (AvgIpc) is 2.28. The summed E-state index contributed by atoms with van der Waals surface area (Å²) in [5.41, 5.74) is 5.17. The molecule has 16 heavy (non-hydrogen) atoms. The molecule has 0 saturated carbocycles. The third kappa shape index (κ3) is 4.33. The van der Waals surface area contributed by atoms with E-state index < -0.39 is 5.97 Å². The first-order valence-corrected chi connectivity index (χ1v) is 5.29. The Morgan fingerprint density at radius 3 is 2.44 bits per heavy atom. The van der Waals surface area contributed by atoms with Crippen molar-refractivity contribution in [3.63, 3.8) is 0 Å². The summed E-state index contributed by atoms with van der Waals surface area (Å²) in [6.07, 6.45) is 0. The molecule has 86 valence electrons. The number of carbonyl (C=O) groups is 2. The molecule has 0 aliphatic rings. The molecule has 1 rings (SSSR count). The molecule has 0 bridgehead atoms. The van der Waals surface area contributed by atoms with E-state index in [4.69, 9.17) is 15.6 Å². The van der Waals surface area contributed by atoms with E-state index in [1.165, 1.54) is 0 Å². The number of carbonyl (C=O) groups excluding carboxylic acids is 1. The van der Waals surface area contributed by atoms with Gasteiger partial charge in [-0.15, -0.1) is 0 Å². The Labute approximate surface area is 96.6 Å². The van der Waals surface area contributed by atoms with Crippen LogP contribution >= 0.6 is 11.8 Å². The molecule has 0 heterocycles. The van der Waals surface area contributed by atoms with Gasteiger partial charge in [-0.2, -0.15) is 0 Å². The van der Waals surface area contributed by atoms with Crippen molar-refractivity contribution in [3.8, 4) is 5.75 Å². The van der Waals surface area contributed by atoms with Gasteiger partial charge in [-0.25, -0.2) is 4.79 Å². The maximum Gasteiger partial charge on any atom is 0.341 e. The van der Waals surface area contributed by atoms with E-state index in [9.17, 15) is 9.59 Å². The first-order valence-electron chi connectivity index (χ1n) is 4.47. The minimum absolute atomic E-state index is 0.0120. The second kappa shape index (κ2) is 6.14. The van der Waals surface area contributed by atoms with Gasteiger partial charge in [-0.3, -0.25) is 4.79 Å². The first kappa shape index (κ1) is 12.5. The highest BCUT2D eigenvalue weighted by atomic mass is 32.2. The average molecular weight is 241 g/mol. The summed E-state index contributed by atoms with van der Waals surface area (Å²) in [6.45, 7) is -0.393. The van der Waals surface area contributed by atoms with Gasteiger partial charge in [0.1, 0.15) is 5.75 Å². The minimum Gasteiger partial charge on any atom is -0.482 e. The van der Waals surface area contributed by atoms with Crippen LogP contribution in [0.3, 0.4) is 0 Å². The highest BCUT2D eigenvalue weighted by Gasteiger charge is 2.03. The summed E-state index contributed by atoms with van der Waals surface area (Å²) in [5, 5.41) is 8.27. The van der Waals surface area contributed by atoms with E-state index in [0.29, 0.717) is 5.75 Å². The van der Waals surface area contributed by atoms with Gasteiger partial charge in [-0.05, 0) is 24.3 Å². The summed E-state index contributed by atoms with van der Waals surface area (Å²) in [6, 6.07) is 6.56. The van der Waals surface area contributed by atoms with Crippen molar-refractivity contribution in [2.45, 2.75) is 4.90 Å². The Hall–Kier alpha value is -1.53.